The average Bonchev–Trinajstić information content (AvgIpc) is 2.15. The molecule has 0 atom stereocenters. The van der Waals surface area contributed by atoms with Crippen molar-refractivity contribution in [3.8, 4) is 0 Å². The maximum atomic E-state index is 5.60. The van der Waals surface area contributed by atoms with E-state index in [4.69, 9.17) is 17.3 Å². The van der Waals surface area contributed by atoms with Gasteiger partial charge < -0.3 is 5.73 Å². The zero-order valence-electron chi connectivity index (χ0n) is 5.13. The number of nitrogens with two attached hydrogens (primary N) is 1. The first kappa shape index (κ1) is 6.42. The summed E-state index contributed by atoms with van der Waals surface area (Å²) in [7, 11) is 0. The molecule has 1 aromatic heterocycles. The molecule has 3 nitrogen and oxygen atoms in total. The van der Waals surface area contributed by atoms with Crippen LogP contribution in [0.25, 0.3) is 0 Å². The van der Waals surface area contributed by atoms with Crippen LogP contribution >= 0.6 is 11.6 Å². The standard InChI is InChI=1S/C5H8ClN3/c1-2-9-5(7)4(6)3-8-9/h3H,2,7H2,1H3. The zero-order valence-corrected chi connectivity index (χ0v) is 5.89. The molecule has 1 heterocycles. The summed E-state index contributed by atoms with van der Waals surface area (Å²) in [6.07, 6.45) is 1.54. The Morgan fingerprint density at radius 2 is 2.56 bits per heavy atom. The molecule has 0 fully saturated rings. The lowest BCUT2D eigenvalue weighted by molar-refractivity contribution is 0.670. The van der Waals surface area contributed by atoms with Crippen LogP contribution in [0.15, 0.2) is 6.20 Å². The van der Waals surface area contributed by atoms with Gasteiger partial charge in [-0.05, 0) is 6.92 Å². The van der Waals surface area contributed by atoms with Crippen LogP contribution in [0.2, 0.25) is 5.02 Å². The highest BCUT2D eigenvalue weighted by Gasteiger charge is 2.00. The molecule has 0 saturated heterocycles. The third-order valence-corrected chi connectivity index (χ3v) is 1.42. The first-order valence-corrected chi connectivity index (χ1v) is 3.10. The lowest BCUT2D eigenvalue weighted by atomic mass is 10.6. The molecule has 1 rings (SSSR count). The number of halogens is 1. The van der Waals surface area contributed by atoms with E-state index in [0.717, 1.165) is 6.54 Å². The summed E-state index contributed by atoms with van der Waals surface area (Å²) in [6, 6.07) is 0. The van der Waals surface area contributed by atoms with Crippen molar-refractivity contribution in [1.29, 1.82) is 0 Å². The van der Waals surface area contributed by atoms with Crippen molar-refractivity contribution in [3.05, 3.63) is 11.2 Å². The summed E-state index contributed by atoms with van der Waals surface area (Å²) >= 11 is 5.60. The molecule has 2 N–H and O–H groups in total. The van der Waals surface area contributed by atoms with E-state index in [1.807, 2.05) is 6.92 Å². The second-order valence-electron chi connectivity index (χ2n) is 1.69. The summed E-state index contributed by atoms with van der Waals surface area (Å²) < 4.78 is 1.64. The number of aromatic nitrogens is 2. The molecule has 0 bridgehead atoms. The summed E-state index contributed by atoms with van der Waals surface area (Å²) in [4.78, 5) is 0. The summed E-state index contributed by atoms with van der Waals surface area (Å²) in [5.74, 6) is 0.541. The molecule has 50 valence electrons. The maximum Gasteiger partial charge on any atom is 0.140 e. The van der Waals surface area contributed by atoms with Gasteiger partial charge in [-0.3, -0.25) is 0 Å². The van der Waals surface area contributed by atoms with Crippen molar-refractivity contribution in [2.45, 2.75) is 13.5 Å². The molecule has 0 aliphatic heterocycles. The fraction of sp³-hybridized carbons (Fsp3) is 0.400. The largest absolute Gasteiger partial charge is 0.383 e. The van der Waals surface area contributed by atoms with Crippen molar-refractivity contribution in [2.24, 2.45) is 0 Å². The summed E-state index contributed by atoms with van der Waals surface area (Å²) in [5.41, 5.74) is 5.48. The van der Waals surface area contributed by atoms with Gasteiger partial charge in [0.25, 0.3) is 0 Å². The maximum absolute atomic E-state index is 5.60. The highest BCUT2D eigenvalue weighted by Crippen LogP contribution is 2.15. The third-order valence-electron chi connectivity index (χ3n) is 1.13. The first-order valence-electron chi connectivity index (χ1n) is 2.72. The van der Waals surface area contributed by atoms with E-state index in [2.05, 4.69) is 5.10 Å². The Morgan fingerprint density at radius 3 is 2.78 bits per heavy atom. The second kappa shape index (κ2) is 2.27. The molecule has 0 radical (unpaired) electrons. The molecule has 0 aliphatic carbocycles. The van der Waals surface area contributed by atoms with Crippen molar-refractivity contribution < 1.29 is 0 Å². The van der Waals surface area contributed by atoms with Gasteiger partial charge in [0.15, 0.2) is 0 Å². The lowest BCUT2D eigenvalue weighted by Gasteiger charge is -1.95. The number of nitrogens with zero attached hydrogens (tertiary/aromatic N) is 2. The van der Waals surface area contributed by atoms with Crippen LogP contribution in [-0.2, 0) is 6.54 Å². The Balaban J connectivity index is 3.04. The molecule has 1 aromatic rings. The van der Waals surface area contributed by atoms with Crippen LogP contribution in [0.3, 0.4) is 0 Å². The van der Waals surface area contributed by atoms with Crippen LogP contribution in [-0.4, -0.2) is 9.78 Å². The van der Waals surface area contributed by atoms with E-state index in [-0.39, 0.29) is 0 Å². The Labute approximate surface area is 58.4 Å². The fourth-order valence-corrected chi connectivity index (χ4v) is 0.765. The molecule has 0 saturated carbocycles. The van der Waals surface area contributed by atoms with Gasteiger partial charge in [-0.15, -0.1) is 0 Å². The van der Waals surface area contributed by atoms with E-state index < -0.39 is 0 Å². The molecular weight excluding hydrogens is 138 g/mol. The number of hydrogen-bond acceptors (Lipinski definition) is 2. The van der Waals surface area contributed by atoms with Gasteiger partial charge in [-0.2, -0.15) is 5.10 Å². The number of anilines is 1. The van der Waals surface area contributed by atoms with Crippen LogP contribution in [0.5, 0.6) is 0 Å². The van der Waals surface area contributed by atoms with Crippen molar-refractivity contribution in [2.75, 3.05) is 5.73 Å². The van der Waals surface area contributed by atoms with Crippen LogP contribution < -0.4 is 5.73 Å². The average molecular weight is 146 g/mol. The van der Waals surface area contributed by atoms with Gasteiger partial charge in [0.05, 0.1) is 6.20 Å². The highest BCUT2D eigenvalue weighted by molar-refractivity contribution is 6.32. The Hall–Kier alpha value is -0.700. The minimum absolute atomic E-state index is 0.525. The molecule has 9 heavy (non-hydrogen) atoms. The number of aryl methyl sites for hydroxylation is 1. The summed E-state index contributed by atoms with van der Waals surface area (Å²) in [5, 5.41) is 4.42. The molecule has 0 spiro atoms. The van der Waals surface area contributed by atoms with Crippen molar-refractivity contribution in [1.82, 2.24) is 9.78 Å². The van der Waals surface area contributed by atoms with Crippen molar-refractivity contribution in [3.63, 3.8) is 0 Å². The highest BCUT2D eigenvalue weighted by atomic mass is 35.5. The third kappa shape index (κ3) is 1.00. The van der Waals surface area contributed by atoms with Crippen LogP contribution in [0.4, 0.5) is 5.82 Å². The van der Waals surface area contributed by atoms with Crippen LogP contribution in [0, 0.1) is 0 Å². The second-order valence-corrected chi connectivity index (χ2v) is 2.10. The predicted octanol–water partition coefficient (Wildman–Crippen LogP) is 1.14. The minimum Gasteiger partial charge on any atom is -0.383 e. The van der Waals surface area contributed by atoms with Gasteiger partial charge in [0, 0.05) is 6.54 Å². The van der Waals surface area contributed by atoms with Gasteiger partial charge in [-0.25, -0.2) is 4.68 Å². The van der Waals surface area contributed by atoms with E-state index >= 15 is 0 Å². The Morgan fingerprint density at radius 1 is 1.89 bits per heavy atom. The first-order chi connectivity index (χ1) is 4.25. The van der Waals surface area contributed by atoms with Crippen molar-refractivity contribution >= 4 is 17.4 Å². The van der Waals surface area contributed by atoms with Gasteiger partial charge in [0.2, 0.25) is 0 Å². The Bertz CT molecular complexity index is 206. The lowest BCUT2D eigenvalue weighted by Crippen LogP contribution is -2.01. The molecule has 0 aromatic carbocycles. The van der Waals surface area contributed by atoms with Gasteiger partial charge >= 0.3 is 0 Å². The quantitative estimate of drug-likeness (QED) is 0.644. The summed E-state index contributed by atoms with van der Waals surface area (Å²) in [6.45, 7) is 2.72. The molecule has 4 heteroatoms. The van der Waals surface area contributed by atoms with E-state index in [0.29, 0.717) is 10.8 Å². The monoisotopic (exact) mass is 145 g/mol. The van der Waals surface area contributed by atoms with Gasteiger partial charge in [0.1, 0.15) is 10.8 Å². The molecule has 0 aliphatic rings. The molecule has 0 amide bonds. The van der Waals surface area contributed by atoms with Crippen LogP contribution in [0.1, 0.15) is 6.92 Å². The fourth-order valence-electron chi connectivity index (χ4n) is 0.624. The zero-order chi connectivity index (χ0) is 6.85. The van der Waals surface area contributed by atoms with E-state index in [1.54, 1.807) is 10.9 Å². The molecular formula is C5H8ClN3. The smallest absolute Gasteiger partial charge is 0.140 e. The topological polar surface area (TPSA) is 43.8 Å². The van der Waals surface area contributed by atoms with Gasteiger partial charge in [-0.1, -0.05) is 11.6 Å². The number of rotatable bonds is 1. The minimum atomic E-state index is 0.525. The molecule has 0 unspecified atom stereocenters. The predicted molar refractivity (Wildman–Crippen MR) is 37.3 cm³/mol. The normalized spacial score (nSPS) is 10.0. The SMILES string of the molecule is CCn1ncc(Cl)c1N. The van der Waals surface area contributed by atoms with E-state index in [9.17, 15) is 0 Å². The number of hydrogen-bond donors (Lipinski definition) is 1. The Kier molecular flexibility index (Phi) is 1.62. The van der Waals surface area contributed by atoms with E-state index in [1.165, 1.54) is 0 Å². The number of nitrogen functional groups attached to an aromatic ring is 1.